The van der Waals surface area contributed by atoms with Crippen LogP contribution >= 0.6 is 218 Å². The van der Waals surface area contributed by atoms with E-state index < -0.39 is 0 Å². The van der Waals surface area contributed by atoms with Crippen molar-refractivity contribution in [2.75, 3.05) is 0 Å². The molecule has 8 aromatic heterocycles. The summed E-state index contributed by atoms with van der Waals surface area (Å²) < 4.78 is 8.16. The standard InChI is InChI=1S/4C9H2Br2OS2/c4*10-5-1-3-7(12)4-2-6(11)14-9(4)8(3)13-5/h4*1-2H. The molecular formula is C36H8Br8O4S8. The normalized spacial score (nSPS) is 13.1. The van der Waals surface area contributed by atoms with Crippen molar-refractivity contribution in [2.24, 2.45) is 0 Å². The second kappa shape index (κ2) is 16.1. The lowest BCUT2D eigenvalue weighted by atomic mass is 10.2. The summed E-state index contributed by atoms with van der Waals surface area (Å²) in [5.74, 6) is 0.607. The first-order chi connectivity index (χ1) is 26.7. The van der Waals surface area contributed by atoms with Crippen LogP contribution in [-0.2, 0) is 0 Å². The zero-order valence-electron chi connectivity index (χ0n) is 26.5. The van der Waals surface area contributed by atoms with Crippen LogP contribution in [0, 0.1) is 0 Å². The summed E-state index contributed by atoms with van der Waals surface area (Å²) in [4.78, 5) is 56.4. The van der Waals surface area contributed by atoms with Crippen molar-refractivity contribution in [3.05, 3.63) is 123 Å². The fraction of sp³-hybridized carbons (Fsp3) is 0. The Morgan fingerprint density at radius 2 is 0.339 bits per heavy atom. The minimum atomic E-state index is 0.152. The first-order valence-electron chi connectivity index (χ1n) is 15.2. The lowest BCUT2D eigenvalue weighted by Gasteiger charge is -1.85. The SMILES string of the molecule is O=C1c2cc(Br)sc2-c2sc(Br)cc21.O=C1c2cc(Br)sc2-c2sc(Br)cc21.O=C1c2cc(Br)sc2-c2sc(Br)cc21.O=C1c2cc(Br)sc2-c2sc(Br)cc21. The largest absolute Gasteiger partial charge is 0.288 e. The van der Waals surface area contributed by atoms with E-state index in [2.05, 4.69) is 127 Å². The zero-order chi connectivity index (χ0) is 39.5. The van der Waals surface area contributed by atoms with Gasteiger partial charge in [-0.1, -0.05) is 0 Å². The first-order valence-corrected chi connectivity index (χ1v) is 28.1. The number of carbonyl (C=O) groups excluding carboxylic acids is 4. The molecule has 0 aromatic carbocycles. The summed E-state index contributed by atoms with van der Waals surface area (Å²) in [5.41, 5.74) is 6.75. The van der Waals surface area contributed by atoms with Crippen LogP contribution in [0.25, 0.3) is 39.0 Å². The molecule has 4 aliphatic carbocycles. The van der Waals surface area contributed by atoms with Crippen LogP contribution in [-0.4, -0.2) is 23.1 Å². The van der Waals surface area contributed by atoms with Gasteiger partial charge in [-0.2, -0.15) is 0 Å². The highest BCUT2D eigenvalue weighted by atomic mass is 79.9. The molecule has 0 spiro atoms. The molecule has 4 aliphatic rings. The molecule has 0 amide bonds. The van der Waals surface area contributed by atoms with E-state index in [1.165, 1.54) is 0 Å². The fourth-order valence-electron chi connectivity index (χ4n) is 6.17. The molecule has 0 unspecified atom stereocenters. The van der Waals surface area contributed by atoms with E-state index in [9.17, 15) is 19.2 Å². The Kier molecular flexibility index (Phi) is 11.9. The number of fused-ring (bicyclic) bond motifs is 12. The third-order valence-electron chi connectivity index (χ3n) is 8.40. The van der Waals surface area contributed by atoms with Crippen LogP contribution < -0.4 is 0 Å². The Morgan fingerprint density at radius 1 is 0.232 bits per heavy atom. The van der Waals surface area contributed by atoms with E-state index in [0.717, 1.165) is 114 Å². The maximum absolute atomic E-state index is 11.9. The number of halogens is 8. The summed E-state index contributed by atoms with van der Waals surface area (Å²) in [6, 6.07) is 15.2. The minimum absolute atomic E-state index is 0.152. The number of carbonyl (C=O) groups is 4. The Morgan fingerprint density at radius 3 is 0.446 bits per heavy atom. The highest BCUT2D eigenvalue weighted by Crippen LogP contribution is 2.52. The Balaban J connectivity index is 0.0000000975. The van der Waals surface area contributed by atoms with Gasteiger partial charge in [-0.3, -0.25) is 19.2 Å². The molecule has 20 heteroatoms. The molecule has 0 atom stereocenters. The zero-order valence-corrected chi connectivity index (χ0v) is 45.8. The van der Waals surface area contributed by atoms with Gasteiger partial charge in [-0.15, -0.1) is 90.7 Å². The van der Waals surface area contributed by atoms with E-state index in [0.29, 0.717) is 0 Å². The van der Waals surface area contributed by atoms with Crippen LogP contribution in [0.5, 0.6) is 0 Å². The van der Waals surface area contributed by atoms with Gasteiger partial charge in [0.25, 0.3) is 0 Å². The molecule has 0 radical (unpaired) electrons. The van der Waals surface area contributed by atoms with Gasteiger partial charge in [0.15, 0.2) is 23.1 Å². The van der Waals surface area contributed by atoms with Crippen molar-refractivity contribution in [1.29, 1.82) is 0 Å². The number of rotatable bonds is 0. The van der Waals surface area contributed by atoms with E-state index in [-0.39, 0.29) is 23.1 Å². The topological polar surface area (TPSA) is 68.3 Å². The quantitative estimate of drug-likeness (QED) is 0.152. The summed E-state index contributed by atoms with van der Waals surface area (Å²) in [6.07, 6.45) is 0. The van der Waals surface area contributed by atoms with Crippen molar-refractivity contribution in [2.45, 2.75) is 0 Å². The third kappa shape index (κ3) is 7.35. The Labute approximate surface area is 416 Å². The molecule has 8 aromatic rings. The number of hydrogen-bond acceptors (Lipinski definition) is 12. The predicted octanol–water partition coefficient (Wildman–Crippen LogP) is 18.2. The predicted molar refractivity (Wildman–Crippen MR) is 266 cm³/mol. The van der Waals surface area contributed by atoms with Crippen molar-refractivity contribution < 1.29 is 19.2 Å². The average Bonchev–Trinajstić information content (AvgIpc) is 3.98. The van der Waals surface area contributed by atoms with Crippen LogP contribution in [0.4, 0.5) is 0 Å². The van der Waals surface area contributed by atoms with E-state index >= 15 is 0 Å². The molecule has 12 rings (SSSR count). The minimum Gasteiger partial charge on any atom is -0.288 e. The van der Waals surface area contributed by atoms with Crippen molar-refractivity contribution in [1.82, 2.24) is 0 Å². The average molecular weight is 1400 g/mol. The van der Waals surface area contributed by atoms with Gasteiger partial charge in [0.2, 0.25) is 0 Å². The number of ketones is 4. The molecule has 0 aliphatic heterocycles. The van der Waals surface area contributed by atoms with Crippen LogP contribution in [0.2, 0.25) is 0 Å². The monoisotopic (exact) mass is 1390 g/mol. The van der Waals surface area contributed by atoms with Gasteiger partial charge in [0, 0.05) is 44.5 Å². The maximum atomic E-state index is 11.9. The molecule has 0 fully saturated rings. The third-order valence-corrected chi connectivity index (χ3v) is 22.2. The van der Waals surface area contributed by atoms with E-state index in [1.54, 1.807) is 90.7 Å². The summed E-state index contributed by atoms with van der Waals surface area (Å²) >= 11 is 40.2. The summed E-state index contributed by atoms with van der Waals surface area (Å²) in [6.45, 7) is 0. The van der Waals surface area contributed by atoms with Gasteiger partial charge in [0.1, 0.15) is 0 Å². The molecule has 8 heterocycles. The molecular weight excluding hydrogens is 1390 g/mol. The lowest BCUT2D eigenvalue weighted by molar-refractivity contribution is 0.103. The molecule has 4 nitrogen and oxygen atoms in total. The van der Waals surface area contributed by atoms with Crippen molar-refractivity contribution in [3.63, 3.8) is 0 Å². The molecule has 0 N–H and O–H groups in total. The lowest BCUT2D eigenvalue weighted by Crippen LogP contribution is -1.91. The van der Waals surface area contributed by atoms with Crippen molar-refractivity contribution in [3.8, 4) is 39.0 Å². The number of hydrogen-bond donors (Lipinski definition) is 0. The molecule has 280 valence electrons. The molecule has 56 heavy (non-hydrogen) atoms. The molecule has 0 saturated heterocycles. The Hall–Kier alpha value is 0.120. The maximum Gasteiger partial charge on any atom is 0.196 e. The summed E-state index contributed by atoms with van der Waals surface area (Å²) in [7, 11) is 0. The molecule has 0 saturated carbocycles. The Bertz CT molecular complexity index is 2420. The first kappa shape index (κ1) is 41.5. The smallest absolute Gasteiger partial charge is 0.196 e. The van der Waals surface area contributed by atoms with Crippen LogP contribution in [0.1, 0.15) is 63.7 Å². The van der Waals surface area contributed by atoms with E-state index in [4.69, 9.17) is 0 Å². The van der Waals surface area contributed by atoms with Gasteiger partial charge in [0.05, 0.1) is 69.3 Å². The van der Waals surface area contributed by atoms with Gasteiger partial charge >= 0.3 is 0 Å². The fourth-order valence-corrected chi connectivity index (χ4v) is 19.6. The van der Waals surface area contributed by atoms with Crippen molar-refractivity contribution >= 4 is 241 Å². The molecule has 0 bridgehead atoms. The van der Waals surface area contributed by atoms with Crippen LogP contribution in [0.3, 0.4) is 0 Å². The highest BCUT2D eigenvalue weighted by molar-refractivity contribution is 9.12. The van der Waals surface area contributed by atoms with E-state index in [1.807, 2.05) is 48.5 Å². The number of thiophene rings is 8. The second-order valence-corrected chi connectivity index (χ2v) is 31.1. The highest BCUT2D eigenvalue weighted by Gasteiger charge is 2.34. The van der Waals surface area contributed by atoms with Gasteiger partial charge < -0.3 is 0 Å². The van der Waals surface area contributed by atoms with Gasteiger partial charge in [-0.25, -0.2) is 0 Å². The van der Waals surface area contributed by atoms with Crippen LogP contribution in [0.15, 0.2) is 78.8 Å². The van der Waals surface area contributed by atoms with Gasteiger partial charge in [-0.05, 0) is 176 Å². The summed E-state index contributed by atoms with van der Waals surface area (Å²) in [5, 5.41) is 0. The second-order valence-electron chi connectivity index (χ2n) is 11.7.